The van der Waals surface area contributed by atoms with Crippen LogP contribution in [0.1, 0.15) is 4.88 Å². The summed E-state index contributed by atoms with van der Waals surface area (Å²) in [5.41, 5.74) is 0. The summed E-state index contributed by atoms with van der Waals surface area (Å²) in [6.07, 6.45) is 0. The molecule has 122 valence electrons. The molecular formula is C17H12S4Se3. The predicted molar refractivity (Wildman–Crippen MR) is 117 cm³/mol. The Morgan fingerprint density at radius 2 is 1.08 bits per heavy atom. The van der Waals surface area contributed by atoms with E-state index in [1.807, 2.05) is 45.3 Å². The van der Waals surface area contributed by atoms with Gasteiger partial charge in [-0.2, -0.15) is 0 Å². The number of hydrogen-bond acceptors (Lipinski definition) is 4. The third-order valence-corrected chi connectivity index (χ3v) is 15.8. The van der Waals surface area contributed by atoms with Crippen LogP contribution < -0.4 is 22.7 Å². The van der Waals surface area contributed by atoms with E-state index in [9.17, 15) is 0 Å². The molecule has 0 fully saturated rings. The molecule has 0 aromatic carbocycles. The first kappa shape index (κ1) is 17.8. The second-order valence-corrected chi connectivity index (χ2v) is 19.5. The molecule has 7 heteroatoms. The van der Waals surface area contributed by atoms with Crippen molar-refractivity contribution in [3.63, 3.8) is 0 Å². The topological polar surface area (TPSA) is 0 Å². The predicted octanol–water partition coefficient (Wildman–Crippen LogP) is 1.21. The first-order valence-electron chi connectivity index (χ1n) is 7.08. The second-order valence-electron chi connectivity index (χ2n) is 4.75. The van der Waals surface area contributed by atoms with E-state index in [4.69, 9.17) is 0 Å². The molecule has 0 unspecified atom stereocenters. The Bertz CT molecular complexity index is 917. The van der Waals surface area contributed by atoms with Gasteiger partial charge in [-0.15, -0.1) is 0 Å². The van der Waals surface area contributed by atoms with Crippen LogP contribution in [-0.2, 0) is 0 Å². The number of aryl methyl sites for hydroxylation is 1. The molecule has 4 aromatic rings. The molecule has 24 heavy (non-hydrogen) atoms. The normalized spacial score (nSPS) is 11.2. The van der Waals surface area contributed by atoms with Gasteiger partial charge in [-0.1, -0.05) is 0 Å². The molecule has 0 aliphatic rings. The third-order valence-electron chi connectivity index (χ3n) is 2.93. The van der Waals surface area contributed by atoms with Gasteiger partial charge in [-0.3, -0.25) is 0 Å². The van der Waals surface area contributed by atoms with E-state index < -0.39 is 0 Å². The number of hydrogen-bond donors (Lipinski definition) is 0. The molecule has 4 rings (SSSR count). The minimum atomic E-state index is 0.471. The fourth-order valence-electron chi connectivity index (χ4n) is 1.91. The SMILES string of the molecule is Cc1ccc([Se]c2ccc([Se]c3ccc([Se]c4cccs4)s3)s2)s1. The van der Waals surface area contributed by atoms with Gasteiger partial charge in [0.25, 0.3) is 0 Å². The summed E-state index contributed by atoms with van der Waals surface area (Å²) in [6, 6.07) is 18.3. The average Bonchev–Trinajstić information content (AvgIpc) is 3.32. The molecule has 0 atom stereocenters. The standard InChI is InChI=1S/C17H12S4Se3/c1-11-4-5-13(19-11)23-15-8-9-17(21-15)24-16-7-6-14(20-16)22-12-3-2-10-18-12/h2-10H,1H3. The summed E-state index contributed by atoms with van der Waals surface area (Å²) in [5, 5.41) is 2.18. The van der Waals surface area contributed by atoms with Gasteiger partial charge in [0.2, 0.25) is 0 Å². The van der Waals surface area contributed by atoms with E-state index in [0.717, 1.165) is 0 Å². The van der Waals surface area contributed by atoms with E-state index in [0.29, 0.717) is 44.9 Å². The monoisotopic (exact) mass is 584 g/mol. The molecule has 0 saturated heterocycles. The van der Waals surface area contributed by atoms with Gasteiger partial charge in [-0.05, 0) is 0 Å². The van der Waals surface area contributed by atoms with Crippen molar-refractivity contribution in [3.8, 4) is 0 Å². The fourth-order valence-corrected chi connectivity index (χ4v) is 17.4. The van der Waals surface area contributed by atoms with E-state index in [1.165, 1.54) is 12.4 Å². The Hall–Kier alpha value is 0.358. The van der Waals surface area contributed by atoms with Gasteiger partial charge >= 0.3 is 179 Å². The van der Waals surface area contributed by atoms with Gasteiger partial charge in [0, 0.05) is 0 Å². The summed E-state index contributed by atoms with van der Waals surface area (Å²) >= 11 is 9.32. The van der Waals surface area contributed by atoms with Crippen LogP contribution in [0.5, 0.6) is 0 Å². The van der Waals surface area contributed by atoms with Crippen LogP contribution in [-0.4, -0.2) is 44.9 Å². The van der Waals surface area contributed by atoms with Crippen molar-refractivity contribution in [2.24, 2.45) is 0 Å². The first-order chi connectivity index (χ1) is 11.7. The van der Waals surface area contributed by atoms with Crippen LogP contribution in [0.3, 0.4) is 0 Å². The van der Waals surface area contributed by atoms with Crippen LogP contribution in [0.15, 0.2) is 53.9 Å². The molecule has 0 N–H and O–H groups in total. The molecule has 0 aliphatic heterocycles. The molecule has 0 nitrogen and oxygen atoms in total. The van der Waals surface area contributed by atoms with Crippen LogP contribution in [0.25, 0.3) is 0 Å². The zero-order valence-electron chi connectivity index (χ0n) is 12.6. The van der Waals surface area contributed by atoms with Gasteiger partial charge < -0.3 is 0 Å². The van der Waals surface area contributed by atoms with Gasteiger partial charge in [0.05, 0.1) is 0 Å². The molecule has 0 radical (unpaired) electrons. The fraction of sp³-hybridized carbons (Fsp3) is 0.0588. The van der Waals surface area contributed by atoms with Crippen molar-refractivity contribution in [2.45, 2.75) is 6.92 Å². The van der Waals surface area contributed by atoms with Crippen LogP contribution in [0, 0.1) is 6.92 Å². The van der Waals surface area contributed by atoms with E-state index in [2.05, 4.69) is 60.8 Å². The zero-order valence-corrected chi connectivity index (χ0v) is 21.0. The number of rotatable bonds is 6. The van der Waals surface area contributed by atoms with Crippen LogP contribution >= 0.6 is 45.3 Å². The Morgan fingerprint density at radius 1 is 0.583 bits per heavy atom. The van der Waals surface area contributed by atoms with Crippen molar-refractivity contribution in [1.29, 1.82) is 0 Å². The molecule has 4 heterocycles. The van der Waals surface area contributed by atoms with Crippen molar-refractivity contribution in [1.82, 2.24) is 0 Å². The Morgan fingerprint density at radius 3 is 1.54 bits per heavy atom. The first-order valence-corrected chi connectivity index (χ1v) is 15.5. The molecule has 0 amide bonds. The second kappa shape index (κ2) is 8.37. The van der Waals surface area contributed by atoms with Crippen molar-refractivity contribution in [2.75, 3.05) is 0 Å². The summed E-state index contributed by atoms with van der Waals surface area (Å²) in [4.78, 5) is 1.42. The van der Waals surface area contributed by atoms with Gasteiger partial charge in [0.1, 0.15) is 0 Å². The quantitative estimate of drug-likeness (QED) is 0.301. The molecule has 0 spiro atoms. The number of thiophene rings is 4. The van der Waals surface area contributed by atoms with Crippen molar-refractivity contribution in [3.05, 3.63) is 58.8 Å². The van der Waals surface area contributed by atoms with Gasteiger partial charge in [0.15, 0.2) is 0 Å². The molecule has 0 bridgehead atoms. The van der Waals surface area contributed by atoms with Gasteiger partial charge in [-0.25, -0.2) is 0 Å². The molecule has 0 aliphatic carbocycles. The molecule has 0 saturated carbocycles. The zero-order chi connectivity index (χ0) is 16.4. The van der Waals surface area contributed by atoms with Crippen LogP contribution in [0.4, 0.5) is 0 Å². The summed E-state index contributed by atoms with van der Waals surface area (Å²) in [7, 11) is 0. The van der Waals surface area contributed by atoms with E-state index in [-0.39, 0.29) is 0 Å². The summed E-state index contributed by atoms with van der Waals surface area (Å²) in [6.45, 7) is 2.19. The molecule has 4 aromatic heterocycles. The van der Waals surface area contributed by atoms with Crippen molar-refractivity contribution < 1.29 is 0 Å². The Kier molecular flexibility index (Phi) is 6.19. The summed E-state index contributed by atoms with van der Waals surface area (Å²) < 4.78 is 9.29. The Labute approximate surface area is 176 Å². The minimum absolute atomic E-state index is 0.471. The van der Waals surface area contributed by atoms with E-state index in [1.54, 1.807) is 15.1 Å². The van der Waals surface area contributed by atoms with Crippen LogP contribution in [0.2, 0.25) is 0 Å². The van der Waals surface area contributed by atoms with E-state index >= 15 is 0 Å². The maximum absolute atomic E-state index is 2.35. The Balaban J connectivity index is 1.39. The third kappa shape index (κ3) is 4.75. The molecular weight excluding hydrogens is 569 g/mol. The van der Waals surface area contributed by atoms with Crippen molar-refractivity contribution >= 4 is 113 Å². The average molecular weight is 581 g/mol. The maximum atomic E-state index is 2.35. The summed E-state index contributed by atoms with van der Waals surface area (Å²) in [5.74, 6) is 0.